The lowest BCUT2D eigenvalue weighted by Crippen LogP contribution is -2.28. The van der Waals surface area contributed by atoms with E-state index in [0.717, 1.165) is 16.7 Å². The minimum atomic E-state index is 0.604. The topological polar surface area (TPSA) is 29.9 Å². The van der Waals surface area contributed by atoms with Gasteiger partial charge >= 0.3 is 0 Å². The highest BCUT2D eigenvalue weighted by Crippen LogP contribution is 2.20. The van der Waals surface area contributed by atoms with Crippen LogP contribution < -0.4 is 5.32 Å². The molecule has 4 heteroatoms. The maximum atomic E-state index is 4.37. The Morgan fingerprint density at radius 2 is 2.00 bits per heavy atom. The van der Waals surface area contributed by atoms with Gasteiger partial charge in [-0.2, -0.15) is 5.10 Å². The lowest BCUT2D eigenvalue weighted by molar-refractivity contribution is 0.472. The molecule has 0 aromatic carbocycles. The first-order valence-corrected chi connectivity index (χ1v) is 6.30. The standard InChI is InChI=1S/C11H20BrN3/c1-5-9(6-2)13-7-10-11(12)8(3)14-15(10)4/h9,13H,5-7H2,1-4H3. The zero-order valence-electron chi connectivity index (χ0n) is 9.97. The Kier molecular flexibility index (Phi) is 4.80. The second-order valence-corrected chi connectivity index (χ2v) is 4.66. The first-order chi connectivity index (χ1) is 7.10. The summed E-state index contributed by atoms with van der Waals surface area (Å²) in [6.07, 6.45) is 2.34. The summed E-state index contributed by atoms with van der Waals surface area (Å²) in [6.45, 7) is 7.32. The van der Waals surface area contributed by atoms with E-state index in [4.69, 9.17) is 0 Å². The van der Waals surface area contributed by atoms with Crippen molar-refractivity contribution in [2.75, 3.05) is 0 Å². The normalized spacial score (nSPS) is 11.3. The Balaban J connectivity index is 2.64. The average Bonchev–Trinajstić information content (AvgIpc) is 2.45. The molecule has 0 aliphatic heterocycles. The summed E-state index contributed by atoms with van der Waals surface area (Å²) in [4.78, 5) is 0. The summed E-state index contributed by atoms with van der Waals surface area (Å²) in [7, 11) is 1.99. The smallest absolute Gasteiger partial charge is 0.0739 e. The molecule has 86 valence electrons. The van der Waals surface area contributed by atoms with Gasteiger partial charge in [-0.3, -0.25) is 4.68 Å². The fraction of sp³-hybridized carbons (Fsp3) is 0.727. The van der Waals surface area contributed by atoms with Crippen molar-refractivity contribution in [1.29, 1.82) is 0 Å². The van der Waals surface area contributed by atoms with E-state index < -0.39 is 0 Å². The first kappa shape index (κ1) is 12.7. The Labute approximate surface area is 100 Å². The first-order valence-electron chi connectivity index (χ1n) is 5.51. The highest BCUT2D eigenvalue weighted by molar-refractivity contribution is 9.10. The van der Waals surface area contributed by atoms with E-state index in [9.17, 15) is 0 Å². The molecule has 1 aromatic heterocycles. The van der Waals surface area contributed by atoms with Gasteiger partial charge in [-0.25, -0.2) is 0 Å². The number of rotatable bonds is 5. The van der Waals surface area contributed by atoms with Crippen LogP contribution in [0, 0.1) is 6.92 Å². The van der Waals surface area contributed by atoms with Gasteiger partial charge in [0.05, 0.1) is 15.9 Å². The molecule has 1 heterocycles. The van der Waals surface area contributed by atoms with Gasteiger partial charge in [0, 0.05) is 19.6 Å². The molecular weight excluding hydrogens is 254 g/mol. The molecule has 15 heavy (non-hydrogen) atoms. The van der Waals surface area contributed by atoms with E-state index in [1.165, 1.54) is 18.5 Å². The second-order valence-electron chi connectivity index (χ2n) is 3.86. The van der Waals surface area contributed by atoms with Crippen LogP contribution in [0.5, 0.6) is 0 Å². The van der Waals surface area contributed by atoms with Crippen LogP contribution in [0.2, 0.25) is 0 Å². The van der Waals surface area contributed by atoms with Gasteiger partial charge in [0.15, 0.2) is 0 Å². The van der Waals surface area contributed by atoms with Crippen molar-refractivity contribution in [3.63, 3.8) is 0 Å². The van der Waals surface area contributed by atoms with Crippen molar-refractivity contribution in [1.82, 2.24) is 15.1 Å². The number of nitrogens with one attached hydrogen (secondary N) is 1. The molecule has 0 aliphatic carbocycles. The number of aromatic nitrogens is 2. The molecule has 0 spiro atoms. The summed E-state index contributed by atoms with van der Waals surface area (Å²) in [6, 6.07) is 0.604. The third-order valence-corrected chi connectivity index (χ3v) is 3.84. The molecule has 0 fully saturated rings. The SMILES string of the molecule is CCC(CC)NCc1c(Br)c(C)nn1C. The lowest BCUT2D eigenvalue weighted by Gasteiger charge is -2.14. The summed E-state index contributed by atoms with van der Waals surface area (Å²) < 4.78 is 3.07. The Hall–Kier alpha value is -0.350. The van der Waals surface area contributed by atoms with E-state index in [2.05, 4.69) is 40.2 Å². The van der Waals surface area contributed by atoms with Crippen LogP contribution in [0.25, 0.3) is 0 Å². The monoisotopic (exact) mass is 273 g/mol. The Morgan fingerprint density at radius 3 is 2.40 bits per heavy atom. The number of hydrogen-bond donors (Lipinski definition) is 1. The van der Waals surface area contributed by atoms with Gasteiger partial charge in [-0.1, -0.05) is 13.8 Å². The molecule has 0 saturated carbocycles. The molecule has 1 rings (SSSR count). The second kappa shape index (κ2) is 5.66. The van der Waals surface area contributed by atoms with Crippen LogP contribution in [0.1, 0.15) is 38.1 Å². The fourth-order valence-corrected chi connectivity index (χ4v) is 2.17. The molecular formula is C11H20BrN3. The third-order valence-electron chi connectivity index (χ3n) is 2.81. The van der Waals surface area contributed by atoms with Crippen LogP contribution in [0.3, 0.4) is 0 Å². The number of nitrogens with zero attached hydrogens (tertiary/aromatic N) is 2. The van der Waals surface area contributed by atoms with Crippen LogP contribution in [0.15, 0.2) is 4.47 Å². The van der Waals surface area contributed by atoms with Crippen molar-refractivity contribution >= 4 is 15.9 Å². The molecule has 0 atom stereocenters. The predicted molar refractivity (Wildman–Crippen MR) is 66.9 cm³/mol. The summed E-state index contributed by atoms with van der Waals surface area (Å²) in [5.41, 5.74) is 2.28. The van der Waals surface area contributed by atoms with Gasteiger partial charge in [0.1, 0.15) is 0 Å². The highest BCUT2D eigenvalue weighted by atomic mass is 79.9. The van der Waals surface area contributed by atoms with Crippen molar-refractivity contribution in [2.24, 2.45) is 7.05 Å². The van der Waals surface area contributed by atoms with E-state index in [1.807, 2.05) is 18.7 Å². The van der Waals surface area contributed by atoms with Gasteiger partial charge in [0.25, 0.3) is 0 Å². The van der Waals surface area contributed by atoms with Crippen LogP contribution in [-0.4, -0.2) is 15.8 Å². The molecule has 0 radical (unpaired) electrons. The van der Waals surface area contributed by atoms with E-state index in [-0.39, 0.29) is 0 Å². The lowest BCUT2D eigenvalue weighted by atomic mass is 10.2. The Bertz CT molecular complexity index is 316. The number of hydrogen-bond acceptors (Lipinski definition) is 2. The molecule has 1 N–H and O–H groups in total. The largest absolute Gasteiger partial charge is 0.308 e. The minimum Gasteiger partial charge on any atom is -0.308 e. The highest BCUT2D eigenvalue weighted by Gasteiger charge is 2.11. The molecule has 0 amide bonds. The molecule has 0 unspecified atom stereocenters. The van der Waals surface area contributed by atoms with Crippen molar-refractivity contribution < 1.29 is 0 Å². The summed E-state index contributed by atoms with van der Waals surface area (Å²) in [5, 5.41) is 7.91. The fourth-order valence-electron chi connectivity index (χ4n) is 1.69. The van der Waals surface area contributed by atoms with Crippen LogP contribution in [-0.2, 0) is 13.6 Å². The number of halogens is 1. The maximum absolute atomic E-state index is 4.37. The van der Waals surface area contributed by atoms with E-state index in [0.29, 0.717) is 6.04 Å². The molecule has 3 nitrogen and oxygen atoms in total. The van der Waals surface area contributed by atoms with Gasteiger partial charge in [-0.15, -0.1) is 0 Å². The minimum absolute atomic E-state index is 0.604. The average molecular weight is 274 g/mol. The van der Waals surface area contributed by atoms with Crippen molar-refractivity contribution in [3.8, 4) is 0 Å². The van der Waals surface area contributed by atoms with Crippen molar-refractivity contribution in [3.05, 3.63) is 15.9 Å². The summed E-state index contributed by atoms with van der Waals surface area (Å²) in [5.74, 6) is 0. The van der Waals surface area contributed by atoms with E-state index in [1.54, 1.807) is 0 Å². The third kappa shape index (κ3) is 3.05. The maximum Gasteiger partial charge on any atom is 0.0739 e. The van der Waals surface area contributed by atoms with Gasteiger partial charge in [0.2, 0.25) is 0 Å². The zero-order valence-corrected chi connectivity index (χ0v) is 11.6. The molecule has 0 saturated heterocycles. The van der Waals surface area contributed by atoms with Crippen LogP contribution in [0.4, 0.5) is 0 Å². The molecule has 0 bridgehead atoms. The summed E-state index contributed by atoms with van der Waals surface area (Å²) >= 11 is 3.57. The predicted octanol–water partition coefficient (Wildman–Crippen LogP) is 2.77. The van der Waals surface area contributed by atoms with Gasteiger partial charge < -0.3 is 5.32 Å². The van der Waals surface area contributed by atoms with Crippen LogP contribution >= 0.6 is 15.9 Å². The zero-order chi connectivity index (χ0) is 11.4. The quantitative estimate of drug-likeness (QED) is 0.894. The Morgan fingerprint density at radius 1 is 1.40 bits per heavy atom. The number of aryl methyl sites for hydroxylation is 2. The van der Waals surface area contributed by atoms with Gasteiger partial charge in [-0.05, 0) is 35.7 Å². The van der Waals surface area contributed by atoms with E-state index >= 15 is 0 Å². The molecule has 1 aromatic rings. The van der Waals surface area contributed by atoms with Crippen molar-refractivity contribution in [2.45, 2.75) is 46.2 Å². The molecule has 0 aliphatic rings.